The molecular weight excluding hydrogens is 357 g/mol. The molecule has 0 aliphatic rings. The fourth-order valence-corrected chi connectivity index (χ4v) is 2.77. The molecule has 0 radical (unpaired) electrons. The number of aryl methyl sites for hydroxylation is 1. The fraction of sp³-hybridized carbons (Fsp3) is 0.250. The van der Waals surface area contributed by atoms with Crippen LogP contribution in [0.3, 0.4) is 0 Å². The average Bonchev–Trinajstić information content (AvgIpc) is 2.46. The molecule has 2 rings (SSSR count). The monoisotopic (exact) mass is 371 g/mol. The second-order valence-corrected chi connectivity index (χ2v) is 6.00. The Bertz CT molecular complexity index is 663. The minimum atomic E-state index is -0.349. The first-order valence-electron chi connectivity index (χ1n) is 6.44. The van der Waals surface area contributed by atoms with Crippen LogP contribution in [0.15, 0.2) is 34.8 Å². The Kier molecular flexibility index (Phi) is 5.25. The molecule has 1 atom stereocenters. The molecule has 5 heteroatoms. The number of benzene rings is 2. The lowest BCUT2D eigenvalue weighted by Gasteiger charge is -2.21. The summed E-state index contributed by atoms with van der Waals surface area (Å²) in [5.74, 6) is 0.153. The summed E-state index contributed by atoms with van der Waals surface area (Å²) in [6, 6.07) is 8.83. The van der Waals surface area contributed by atoms with Crippen molar-refractivity contribution in [2.75, 3.05) is 14.2 Å². The van der Waals surface area contributed by atoms with Gasteiger partial charge in [0.1, 0.15) is 11.6 Å². The maximum Gasteiger partial charge on any atom is 0.141 e. The summed E-state index contributed by atoms with van der Waals surface area (Å²) in [5, 5.41) is 3.96. The van der Waals surface area contributed by atoms with Gasteiger partial charge < -0.3 is 10.1 Å². The summed E-state index contributed by atoms with van der Waals surface area (Å²) in [6.45, 7) is 1.95. The van der Waals surface area contributed by atoms with E-state index in [0.717, 1.165) is 21.7 Å². The third kappa shape index (κ3) is 3.39. The van der Waals surface area contributed by atoms with Crippen molar-refractivity contribution in [1.29, 1.82) is 0 Å². The van der Waals surface area contributed by atoms with Crippen molar-refractivity contribution in [1.82, 2.24) is 5.32 Å². The Hall–Kier alpha value is -1.10. The maximum absolute atomic E-state index is 13.7. The first-order valence-corrected chi connectivity index (χ1v) is 7.61. The fourth-order valence-electron chi connectivity index (χ4n) is 2.30. The number of methoxy groups -OCH3 is 1. The summed E-state index contributed by atoms with van der Waals surface area (Å²) < 4.78 is 19.4. The van der Waals surface area contributed by atoms with Crippen LogP contribution < -0.4 is 10.1 Å². The van der Waals surface area contributed by atoms with Crippen LogP contribution in [0.5, 0.6) is 5.75 Å². The number of halogens is 3. The van der Waals surface area contributed by atoms with Crippen LogP contribution in [0.1, 0.15) is 22.7 Å². The van der Waals surface area contributed by atoms with Gasteiger partial charge >= 0.3 is 0 Å². The van der Waals surface area contributed by atoms with Crippen LogP contribution in [0.4, 0.5) is 4.39 Å². The average molecular weight is 373 g/mol. The summed E-state index contributed by atoms with van der Waals surface area (Å²) >= 11 is 9.30. The Morgan fingerprint density at radius 3 is 2.57 bits per heavy atom. The lowest BCUT2D eigenvalue weighted by molar-refractivity contribution is 0.401. The van der Waals surface area contributed by atoms with Crippen molar-refractivity contribution < 1.29 is 9.13 Å². The highest BCUT2D eigenvalue weighted by Gasteiger charge is 2.19. The van der Waals surface area contributed by atoms with Gasteiger partial charge in [-0.05, 0) is 53.2 Å². The van der Waals surface area contributed by atoms with E-state index in [4.69, 9.17) is 16.3 Å². The van der Waals surface area contributed by atoms with Gasteiger partial charge in [0.15, 0.2) is 0 Å². The van der Waals surface area contributed by atoms with Gasteiger partial charge in [-0.15, -0.1) is 0 Å². The molecule has 0 aromatic heterocycles. The molecule has 0 aliphatic heterocycles. The predicted molar refractivity (Wildman–Crippen MR) is 87.7 cm³/mol. The molecule has 1 N–H and O–H groups in total. The van der Waals surface area contributed by atoms with Crippen LogP contribution in [0.2, 0.25) is 5.02 Å². The SMILES string of the molecule is CNC(c1ccc(Cl)c(C)c1)c1cc(Br)c(F)cc1OC. The van der Waals surface area contributed by atoms with E-state index in [-0.39, 0.29) is 11.9 Å². The predicted octanol–water partition coefficient (Wildman–Crippen LogP) is 4.87. The molecule has 0 fully saturated rings. The summed E-state index contributed by atoms with van der Waals surface area (Å²) in [5.41, 5.74) is 2.89. The normalized spacial score (nSPS) is 12.3. The molecule has 0 aliphatic carbocycles. The van der Waals surface area contributed by atoms with Crippen molar-refractivity contribution in [2.45, 2.75) is 13.0 Å². The summed E-state index contributed by atoms with van der Waals surface area (Å²) in [6.07, 6.45) is 0. The smallest absolute Gasteiger partial charge is 0.141 e. The molecular formula is C16H16BrClFNO. The molecule has 2 aromatic rings. The molecule has 1 unspecified atom stereocenters. The van der Waals surface area contributed by atoms with Crippen LogP contribution >= 0.6 is 27.5 Å². The van der Waals surface area contributed by atoms with Crippen molar-refractivity contribution >= 4 is 27.5 Å². The quantitative estimate of drug-likeness (QED) is 0.827. The highest BCUT2D eigenvalue weighted by atomic mass is 79.9. The topological polar surface area (TPSA) is 21.3 Å². The number of hydrogen-bond donors (Lipinski definition) is 1. The Balaban J connectivity index is 2.55. The molecule has 0 saturated carbocycles. The lowest BCUT2D eigenvalue weighted by Crippen LogP contribution is -2.19. The van der Waals surface area contributed by atoms with Gasteiger partial charge in [0.2, 0.25) is 0 Å². The van der Waals surface area contributed by atoms with E-state index < -0.39 is 0 Å². The molecule has 0 heterocycles. The third-order valence-electron chi connectivity index (χ3n) is 3.39. The largest absolute Gasteiger partial charge is 0.496 e. The second kappa shape index (κ2) is 6.77. The van der Waals surface area contributed by atoms with E-state index >= 15 is 0 Å². The van der Waals surface area contributed by atoms with Gasteiger partial charge in [0.25, 0.3) is 0 Å². The number of rotatable bonds is 4. The molecule has 2 nitrogen and oxygen atoms in total. The van der Waals surface area contributed by atoms with Gasteiger partial charge in [-0.3, -0.25) is 0 Å². The molecule has 0 spiro atoms. The minimum absolute atomic E-state index is 0.118. The molecule has 0 amide bonds. The highest BCUT2D eigenvalue weighted by Crippen LogP contribution is 2.34. The van der Waals surface area contributed by atoms with Crippen LogP contribution in [-0.2, 0) is 0 Å². The minimum Gasteiger partial charge on any atom is -0.496 e. The van der Waals surface area contributed by atoms with Gasteiger partial charge in [0.05, 0.1) is 17.6 Å². The standard InChI is InChI=1S/C16H16BrClFNO/c1-9-6-10(4-5-13(9)18)16(20-2)11-7-12(17)14(19)8-15(11)21-3/h4-8,16,20H,1-3H3. The Labute approximate surface area is 137 Å². The van der Waals surface area contributed by atoms with E-state index in [1.807, 2.05) is 32.2 Å². The summed E-state index contributed by atoms with van der Waals surface area (Å²) in [7, 11) is 3.39. The van der Waals surface area contributed by atoms with Gasteiger partial charge in [-0.25, -0.2) is 4.39 Å². The molecule has 21 heavy (non-hydrogen) atoms. The number of ether oxygens (including phenoxy) is 1. The van der Waals surface area contributed by atoms with E-state index in [9.17, 15) is 4.39 Å². The third-order valence-corrected chi connectivity index (χ3v) is 4.42. The molecule has 0 bridgehead atoms. The first-order chi connectivity index (χ1) is 9.97. The van der Waals surface area contributed by atoms with Gasteiger partial charge in [-0.1, -0.05) is 23.7 Å². The number of hydrogen-bond acceptors (Lipinski definition) is 2. The lowest BCUT2D eigenvalue weighted by atomic mass is 9.96. The van der Waals surface area contributed by atoms with E-state index in [2.05, 4.69) is 21.2 Å². The molecule has 2 aromatic carbocycles. The first kappa shape index (κ1) is 16.3. The second-order valence-electron chi connectivity index (χ2n) is 4.74. The van der Waals surface area contributed by atoms with Gasteiger partial charge in [-0.2, -0.15) is 0 Å². The van der Waals surface area contributed by atoms with Crippen molar-refractivity contribution in [3.05, 3.63) is 62.3 Å². The zero-order chi connectivity index (χ0) is 15.6. The zero-order valence-corrected chi connectivity index (χ0v) is 14.3. The highest BCUT2D eigenvalue weighted by molar-refractivity contribution is 9.10. The van der Waals surface area contributed by atoms with Crippen LogP contribution in [0.25, 0.3) is 0 Å². The van der Waals surface area contributed by atoms with Crippen molar-refractivity contribution in [3.63, 3.8) is 0 Å². The van der Waals surface area contributed by atoms with Crippen molar-refractivity contribution in [3.8, 4) is 5.75 Å². The van der Waals surface area contributed by atoms with Gasteiger partial charge in [0, 0.05) is 16.7 Å². The van der Waals surface area contributed by atoms with Crippen molar-refractivity contribution in [2.24, 2.45) is 0 Å². The zero-order valence-electron chi connectivity index (χ0n) is 12.0. The maximum atomic E-state index is 13.7. The van der Waals surface area contributed by atoms with E-state index in [1.165, 1.54) is 13.2 Å². The Morgan fingerprint density at radius 2 is 2.00 bits per heavy atom. The van der Waals surface area contributed by atoms with Crippen LogP contribution in [0, 0.1) is 12.7 Å². The van der Waals surface area contributed by atoms with E-state index in [1.54, 1.807) is 6.07 Å². The molecule has 112 valence electrons. The summed E-state index contributed by atoms with van der Waals surface area (Å²) in [4.78, 5) is 0. The molecule has 0 saturated heterocycles. The number of nitrogens with one attached hydrogen (secondary N) is 1. The van der Waals surface area contributed by atoms with Crippen LogP contribution in [-0.4, -0.2) is 14.2 Å². The Morgan fingerprint density at radius 1 is 1.29 bits per heavy atom. The van der Waals surface area contributed by atoms with E-state index in [0.29, 0.717) is 10.2 Å².